The highest BCUT2D eigenvalue weighted by Crippen LogP contribution is 2.68. The Bertz CT molecular complexity index is 707. The number of halogens is 1. The van der Waals surface area contributed by atoms with Crippen molar-refractivity contribution in [2.24, 2.45) is 0 Å². The zero-order valence-corrected chi connectivity index (χ0v) is 17.2. The van der Waals surface area contributed by atoms with E-state index in [4.69, 9.17) is 0 Å². The van der Waals surface area contributed by atoms with Crippen molar-refractivity contribution in [1.29, 1.82) is 0 Å². The van der Waals surface area contributed by atoms with E-state index < -0.39 is 4.90 Å². The number of benzene rings is 3. The average Bonchev–Trinajstić information content (AvgIpc) is 2.68. The summed E-state index contributed by atoms with van der Waals surface area (Å²) in [5.41, 5.74) is 3.79. The normalized spacial score (nSPS) is 11.1. The van der Waals surface area contributed by atoms with Crippen LogP contribution in [0.3, 0.4) is 0 Å². The third-order valence-electron chi connectivity index (χ3n) is 3.99. The van der Waals surface area contributed by atoms with Crippen molar-refractivity contribution in [3.05, 3.63) is 96.6 Å². The van der Waals surface area contributed by atoms with Crippen LogP contribution in [0.5, 0.6) is 0 Å². The first-order valence-corrected chi connectivity index (χ1v) is 13.5. The van der Waals surface area contributed by atoms with E-state index >= 15 is 0 Å². The monoisotopic (exact) mass is 461 g/mol. The lowest BCUT2D eigenvalue weighted by atomic mass is 10.2. The van der Waals surface area contributed by atoms with Gasteiger partial charge in [0.15, 0.2) is 22.0 Å². The van der Waals surface area contributed by atoms with E-state index in [0.29, 0.717) is 0 Å². The van der Waals surface area contributed by atoms with Crippen LogP contribution in [0, 0.1) is 0 Å². The van der Waals surface area contributed by atoms with Gasteiger partial charge in [0.05, 0.1) is 6.16 Å². The van der Waals surface area contributed by atoms with E-state index in [1.54, 1.807) is 0 Å². The molecule has 0 saturated heterocycles. The molecule has 25 heavy (non-hydrogen) atoms. The molecule has 0 bridgehead atoms. The topological polar surface area (TPSA) is 24.1 Å². The molecule has 0 heterocycles. The molecular weight excluding hydrogens is 438 g/mol. The number of rotatable bonds is 8. The van der Waals surface area contributed by atoms with Crippen molar-refractivity contribution in [3.8, 4) is 0 Å². The molecule has 128 valence electrons. The van der Waals surface area contributed by atoms with Crippen LogP contribution in [0.25, 0.3) is 0 Å². The van der Waals surface area contributed by atoms with Gasteiger partial charge in [-0.05, 0) is 29.8 Å². The Morgan fingerprint density at radius 2 is 1.00 bits per heavy atom. The smallest absolute Gasteiger partial charge is 0.159 e. The second kappa shape index (κ2) is 9.21. The molecule has 0 aliphatic rings. The zero-order chi connectivity index (χ0) is 17.4. The van der Waals surface area contributed by atoms with Crippen molar-refractivity contribution < 1.29 is 0 Å². The summed E-state index contributed by atoms with van der Waals surface area (Å²) in [4.78, 5) is -1.27. The average molecular weight is 461 g/mol. The second-order valence-electron chi connectivity index (χ2n) is 6.07. The molecular formula is C21H23IN2P+. The number of anilines is 2. The van der Waals surface area contributed by atoms with Crippen molar-refractivity contribution in [2.75, 3.05) is 23.2 Å². The summed E-state index contributed by atoms with van der Waals surface area (Å²) in [5.74, 6) is 0. The second-order valence-corrected chi connectivity index (χ2v) is 15.2. The summed E-state index contributed by atoms with van der Waals surface area (Å²) in [5, 5.41) is 7.29. The van der Waals surface area contributed by atoms with Crippen molar-refractivity contribution in [2.45, 2.75) is 6.16 Å². The van der Waals surface area contributed by atoms with Gasteiger partial charge in [0.1, 0.15) is 17.5 Å². The Kier molecular flexibility index (Phi) is 6.71. The fraction of sp³-hybridized carbons (Fsp3) is 0.143. The molecule has 0 aliphatic carbocycles. The molecule has 0 saturated carbocycles. The zero-order valence-electron chi connectivity index (χ0n) is 14.1. The Balaban J connectivity index is 1.70. The van der Waals surface area contributed by atoms with E-state index in [0.717, 1.165) is 18.7 Å². The van der Waals surface area contributed by atoms with E-state index in [1.165, 1.54) is 16.9 Å². The van der Waals surface area contributed by atoms with Gasteiger partial charge in [-0.15, -0.1) is 0 Å². The van der Waals surface area contributed by atoms with Gasteiger partial charge >= 0.3 is 0 Å². The standard InChI is InChI=1S/C21H23IN2P/c22-25(16-19-10-4-1-5-11-19,17-23-20-12-6-2-7-13-20)18-24-21-14-8-3-9-15-21/h1-15,23-24H,16-18H2/q+1. The first-order chi connectivity index (χ1) is 12.2. The van der Waals surface area contributed by atoms with Gasteiger partial charge in [-0.2, -0.15) is 0 Å². The summed E-state index contributed by atoms with van der Waals surface area (Å²) >= 11 is 2.72. The SMILES string of the molecule is I[P+](CNc1ccccc1)(CNc1ccccc1)Cc1ccccc1. The van der Waals surface area contributed by atoms with Gasteiger partial charge in [0.25, 0.3) is 0 Å². The number of hydrogen-bond donors (Lipinski definition) is 2. The van der Waals surface area contributed by atoms with Crippen molar-refractivity contribution >= 4 is 38.3 Å². The molecule has 0 aliphatic heterocycles. The van der Waals surface area contributed by atoms with Crippen LogP contribution < -0.4 is 10.6 Å². The largest absolute Gasteiger partial charge is 0.353 e. The maximum Gasteiger partial charge on any atom is 0.159 e. The lowest BCUT2D eigenvalue weighted by Crippen LogP contribution is -2.13. The summed E-state index contributed by atoms with van der Waals surface area (Å²) in [7, 11) is 0. The summed E-state index contributed by atoms with van der Waals surface area (Å²) in [6.45, 7) is 0. The van der Waals surface area contributed by atoms with Crippen LogP contribution in [0.1, 0.15) is 5.56 Å². The third kappa shape index (κ3) is 6.02. The van der Waals surface area contributed by atoms with Gasteiger partial charge in [-0.1, -0.05) is 66.7 Å². The van der Waals surface area contributed by atoms with Gasteiger partial charge in [-0.3, -0.25) is 0 Å². The third-order valence-corrected chi connectivity index (χ3v) is 9.44. The molecule has 0 radical (unpaired) electrons. The van der Waals surface area contributed by atoms with Gasteiger partial charge in [-0.25, -0.2) is 0 Å². The molecule has 3 rings (SSSR count). The highest BCUT2D eigenvalue weighted by molar-refractivity contribution is 14.2. The molecule has 3 aromatic rings. The van der Waals surface area contributed by atoms with E-state index in [-0.39, 0.29) is 0 Å². The Hall–Kier alpha value is -1.58. The molecule has 3 aromatic carbocycles. The first kappa shape index (κ1) is 18.2. The molecule has 0 fully saturated rings. The van der Waals surface area contributed by atoms with Crippen LogP contribution in [0.2, 0.25) is 0 Å². The fourth-order valence-corrected chi connectivity index (χ4v) is 6.99. The van der Waals surface area contributed by atoms with Gasteiger partial charge in [0.2, 0.25) is 0 Å². The van der Waals surface area contributed by atoms with Crippen LogP contribution in [-0.4, -0.2) is 12.6 Å². The molecule has 0 spiro atoms. The quantitative estimate of drug-likeness (QED) is 0.289. The van der Waals surface area contributed by atoms with E-state index in [1.807, 2.05) is 0 Å². The minimum atomic E-state index is -1.27. The van der Waals surface area contributed by atoms with Crippen LogP contribution >= 0.6 is 26.9 Å². The molecule has 2 N–H and O–H groups in total. The van der Waals surface area contributed by atoms with Gasteiger partial charge < -0.3 is 10.6 Å². The summed E-state index contributed by atoms with van der Waals surface area (Å²) in [6.07, 6.45) is 3.13. The lowest BCUT2D eigenvalue weighted by Gasteiger charge is -2.22. The highest BCUT2D eigenvalue weighted by Gasteiger charge is 2.35. The maximum absolute atomic E-state index is 3.64. The number of para-hydroxylation sites is 2. The molecule has 0 unspecified atom stereocenters. The Morgan fingerprint density at radius 1 is 0.600 bits per heavy atom. The molecule has 0 amide bonds. The van der Waals surface area contributed by atoms with Crippen molar-refractivity contribution in [3.63, 3.8) is 0 Å². The lowest BCUT2D eigenvalue weighted by molar-refractivity contribution is 1.30. The summed E-state index contributed by atoms with van der Waals surface area (Å²) in [6, 6.07) is 31.8. The predicted molar refractivity (Wildman–Crippen MR) is 121 cm³/mol. The minimum absolute atomic E-state index is 1.01. The molecule has 2 nitrogen and oxygen atoms in total. The summed E-state index contributed by atoms with van der Waals surface area (Å²) < 4.78 is 0. The highest BCUT2D eigenvalue weighted by atomic mass is 127. The molecule has 0 aromatic heterocycles. The minimum Gasteiger partial charge on any atom is -0.353 e. The van der Waals surface area contributed by atoms with Crippen LogP contribution in [0.4, 0.5) is 11.4 Å². The molecule has 0 atom stereocenters. The Labute approximate surface area is 163 Å². The molecule has 4 heteroatoms. The maximum atomic E-state index is 3.64. The van der Waals surface area contributed by atoms with Gasteiger partial charge in [0, 0.05) is 11.4 Å². The predicted octanol–water partition coefficient (Wildman–Crippen LogP) is 6.69. The van der Waals surface area contributed by atoms with Crippen molar-refractivity contribution in [1.82, 2.24) is 0 Å². The van der Waals surface area contributed by atoms with Crippen LogP contribution in [-0.2, 0) is 6.16 Å². The number of hydrogen-bond acceptors (Lipinski definition) is 2. The van der Waals surface area contributed by atoms with E-state index in [9.17, 15) is 0 Å². The van der Waals surface area contributed by atoms with Crippen LogP contribution in [0.15, 0.2) is 91.0 Å². The van der Waals surface area contributed by atoms with E-state index in [2.05, 4.69) is 124 Å². The fourth-order valence-electron chi connectivity index (χ4n) is 2.66. The first-order valence-electron chi connectivity index (χ1n) is 8.41. The number of nitrogens with one attached hydrogen (secondary N) is 2. The Morgan fingerprint density at radius 3 is 1.44 bits per heavy atom.